The van der Waals surface area contributed by atoms with Crippen molar-refractivity contribution in [1.82, 2.24) is 0 Å². The predicted molar refractivity (Wildman–Crippen MR) is 165 cm³/mol. The molecule has 0 nitrogen and oxygen atoms in total. The molecule has 6 aromatic rings. The van der Waals surface area contributed by atoms with E-state index in [0.29, 0.717) is 0 Å². The zero-order valence-corrected chi connectivity index (χ0v) is 22.7. The molecule has 0 saturated carbocycles. The van der Waals surface area contributed by atoms with E-state index in [4.69, 9.17) is 0 Å². The SMILES string of the molecule is C[SH+]C#Cc1c2cc3ccc(Br)cc3cc2c(C#C[SH+]C)c2cc3cc4ccccc4cc3cc12. The minimum absolute atomic E-state index is 1.06. The molecule has 0 atom stereocenters. The predicted octanol–water partition coefficient (Wildman–Crippen LogP) is 7.72. The van der Waals surface area contributed by atoms with Crippen molar-refractivity contribution in [3.8, 4) is 22.3 Å². The summed E-state index contributed by atoms with van der Waals surface area (Å²) >= 11 is 5.76. The Morgan fingerprint density at radius 3 is 1.43 bits per heavy atom. The zero-order valence-electron chi connectivity index (χ0n) is 19.3. The summed E-state index contributed by atoms with van der Waals surface area (Å²) in [6, 6.07) is 28.8. The fraction of sp³-hybridized carbons (Fsp3) is 0.0625. The van der Waals surface area contributed by atoms with Crippen molar-refractivity contribution < 1.29 is 0 Å². The van der Waals surface area contributed by atoms with Gasteiger partial charge in [0, 0.05) is 37.1 Å². The van der Waals surface area contributed by atoms with Crippen LogP contribution in [-0.2, 0) is 23.5 Å². The number of benzene rings is 6. The third-order valence-corrected chi connectivity index (χ3v) is 7.61. The number of fused-ring (bicyclic) bond motifs is 5. The van der Waals surface area contributed by atoms with Gasteiger partial charge in [0.05, 0.1) is 23.5 Å². The molecule has 0 amide bonds. The summed E-state index contributed by atoms with van der Waals surface area (Å²) in [4.78, 5) is 0. The first-order chi connectivity index (χ1) is 17.2. The number of thiol groups is 2. The van der Waals surface area contributed by atoms with Crippen LogP contribution in [0.5, 0.6) is 0 Å². The van der Waals surface area contributed by atoms with E-state index in [0.717, 1.165) is 44.5 Å². The summed E-state index contributed by atoms with van der Waals surface area (Å²) in [5.41, 5.74) is 2.17. The molecule has 0 heterocycles. The van der Waals surface area contributed by atoms with Gasteiger partial charge in [0.1, 0.15) is 12.5 Å². The third-order valence-electron chi connectivity index (χ3n) is 6.44. The molecule has 6 aromatic carbocycles. The first-order valence-corrected chi connectivity index (χ1v) is 14.8. The maximum Gasteiger partial charge on any atom is 0.154 e. The lowest BCUT2D eigenvalue weighted by Crippen LogP contribution is -1.92. The number of halogens is 1. The van der Waals surface area contributed by atoms with Gasteiger partial charge >= 0.3 is 0 Å². The van der Waals surface area contributed by atoms with Crippen LogP contribution in [0.3, 0.4) is 0 Å². The fourth-order valence-corrected chi connectivity index (χ4v) is 5.70. The van der Waals surface area contributed by atoms with E-state index in [1.54, 1.807) is 0 Å². The number of rotatable bonds is 0. The lowest BCUT2D eigenvalue weighted by Gasteiger charge is -2.14. The highest BCUT2D eigenvalue weighted by atomic mass is 79.9. The Hall–Kier alpha value is -3.08. The zero-order chi connectivity index (χ0) is 23.9. The van der Waals surface area contributed by atoms with Crippen molar-refractivity contribution in [3.05, 3.63) is 94.5 Å². The summed E-state index contributed by atoms with van der Waals surface area (Å²) in [6.45, 7) is 0. The normalized spacial score (nSPS) is 11.1. The summed E-state index contributed by atoms with van der Waals surface area (Å²) in [5.74, 6) is 7.04. The molecule has 3 heteroatoms. The quantitative estimate of drug-likeness (QED) is 0.0788. The lowest BCUT2D eigenvalue weighted by molar-refractivity contribution is 1.71. The average Bonchev–Trinajstić information content (AvgIpc) is 2.87. The van der Waals surface area contributed by atoms with Gasteiger partial charge in [0.15, 0.2) is 10.5 Å². The molecule has 0 spiro atoms. The highest BCUT2D eigenvalue weighted by molar-refractivity contribution is 9.10. The summed E-state index contributed by atoms with van der Waals surface area (Å²) in [7, 11) is 0. The molecular formula is C32H21BrS2+2. The van der Waals surface area contributed by atoms with Gasteiger partial charge < -0.3 is 0 Å². The molecule has 0 aliphatic rings. The summed E-state index contributed by atoms with van der Waals surface area (Å²) < 4.78 is 1.08. The minimum Gasteiger partial charge on any atom is -0.0616 e. The maximum absolute atomic E-state index is 3.64. The van der Waals surface area contributed by atoms with Crippen molar-refractivity contribution in [1.29, 1.82) is 0 Å². The Bertz CT molecular complexity index is 1950. The average molecular weight is 550 g/mol. The highest BCUT2D eigenvalue weighted by Crippen LogP contribution is 2.38. The van der Waals surface area contributed by atoms with E-state index in [2.05, 4.69) is 130 Å². The van der Waals surface area contributed by atoms with Gasteiger partial charge in [-0.25, -0.2) is 0 Å². The monoisotopic (exact) mass is 548 g/mol. The first-order valence-electron chi connectivity index (χ1n) is 11.3. The largest absolute Gasteiger partial charge is 0.154 e. The molecule has 166 valence electrons. The molecule has 0 bridgehead atoms. The standard InChI is InChI=1S/C32H19BrS2/c1-34-11-9-27-29-16-22-7-8-26(33)15-25(22)19-32(29)28(10-12-35-2)31-18-24-14-21-6-4-3-5-20(21)13-23(24)17-30(27)31/h3-8,13-19H,1-2H3/p+2. The Kier molecular flexibility index (Phi) is 5.87. The van der Waals surface area contributed by atoms with E-state index < -0.39 is 0 Å². The van der Waals surface area contributed by atoms with Crippen LogP contribution in [0.4, 0.5) is 0 Å². The molecule has 0 aromatic heterocycles. The Morgan fingerprint density at radius 2 is 0.943 bits per heavy atom. The summed E-state index contributed by atoms with van der Waals surface area (Å²) in [5, 5.41) is 18.7. The Morgan fingerprint density at radius 1 is 0.514 bits per heavy atom. The van der Waals surface area contributed by atoms with Gasteiger partial charge in [0.25, 0.3) is 0 Å². The second-order valence-electron chi connectivity index (χ2n) is 8.50. The van der Waals surface area contributed by atoms with Crippen LogP contribution in [0, 0.1) is 22.3 Å². The van der Waals surface area contributed by atoms with Gasteiger partial charge in [-0.3, -0.25) is 0 Å². The number of hydrogen-bond acceptors (Lipinski definition) is 0. The fourth-order valence-electron chi connectivity index (χ4n) is 4.87. The van der Waals surface area contributed by atoms with Crippen LogP contribution in [0.15, 0.2) is 83.3 Å². The second-order valence-corrected chi connectivity index (χ2v) is 10.8. The number of hydrogen-bond donors (Lipinski definition) is 0. The van der Waals surface area contributed by atoms with E-state index in [1.807, 2.05) is 0 Å². The van der Waals surface area contributed by atoms with Crippen LogP contribution in [0.2, 0.25) is 0 Å². The Balaban J connectivity index is 1.85. The van der Waals surface area contributed by atoms with E-state index in [-0.39, 0.29) is 0 Å². The van der Waals surface area contributed by atoms with Crippen molar-refractivity contribution in [2.45, 2.75) is 0 Å². The molecule has 0 N–H and O–H groups in total. The molecular weight excluding hydrogens is 528 g/mol. The minimum atomic E-state index is 1.06. The van der Waals surface area contributed by atoms with Gasteiger partial charge in [-0.15, -0.1) is 0 Å². The molecule has 35 heavy (non-hydrogen) atoms. The van der Waals surface area contributed by atoms with E-state index in [1.165, 1.54) is 48.5 Å². The lowest BCUT2D eigenvalue weighted by atomic mass is 9.88. The first kappa shape index (κ1) is 22.4. The van der Waals surface area contributed by atoms with Crippen LogP contribution >= 0.6 is 15.9 Å². The molecule has 0 aliphatic heterocycles. The van der Waals surface area contributed by atoms with Gasteiger partial charge in [0.2, 0.25) is 0 Å². The van der Waals surface area contributed by atoms with Crippen LogP contribution < -0.4 is 0 Å². The van der Waals surface area contributed by atoms with Crippen LogP contribution in [-0.4, -0.2) is 12.5 Å². The smallest absolute Gasteiger partial charge is 0.0616 e. The van der Waals surface area contributed by atoms with Gasteiger partial charge in [-0.05, 0) is 92.7 Å². The van der Waals surface area contributed by atoms with Gasteiger partial charge in [-0.2, -0.15) is 0 Å². The van der Waals surface area contributed by atoms with E-state index >= 15 is 0 Å². The molecule has 0 saturated heterocycles. The van der Waals surface area contributed by atoms with Crippen molar-refractivity contribution in [3.63, 3.8) is 0 Å². The Labute approximate surface area is 221 Å². The molecule has 0 aliphatic carbocycles. The van der Waals surface area contributed by atoms with Crippen LogP contribution in [0.1, 0.15) is 11.1 Å². The molecule has 0 fully saturated rings. The molecule has 6 rings (SSSR count). The van der Waals surface area contributed by atoms with E-state index in [9.17, 15) is 0 Å². The molecule has 0 radical (unpaired) electrons. The van der Waals surface area contributed by atoms with Gasteiger partial charge in [-0.1, -0.05) is 46.3 Å². The molecule has 0 unspecified atom stereocenters. The third kappa shape index (κ3) is 3.95. The van der Waals surface area contributed by atoms with Crippen LogP contribution in [0.25, 0.3) is 53.9 Å². The second kappa shape index (κ2) is 9.18. The van der Waals surface area contributed by atoms with Crippen molar-refractivity contribution in [2.75, 3.05) is 12.5 Å². The van der Waals surface area contributed by atoms with Crippen molar-refractivity contribution >= 4 is 93.3 Å². The summed E-state index contributed by atoms with van der Waals surface area (Å²) in [6.07, 6.45) is 4.15. The highest BCUT2D eigenvalue weighted by Gasteiger charge is 2.15. The topological polar surface area (TPSA) is 0 Å². The van der Waals surface area contributed by atoms with Crippen molar-refractivity contribution in [2.24, 2.45) is 0 Å². The maximum atomic E-state index is 3.64.